The minimum absolute atomic E-state index is 0.434. The Morgan fingerprint density at radius 1 is 1.75 bits per heavy atom. The maximum atomic E-state index is 9.60. The number of aromatic nitrogens is 2. The van der Waals surface area contributed by atoms with Gasteiger partial charge in [0, 0.05) is 19.1 Å². The summed E-state index contributed by atoms with van der Waals surface area (Å²) in [5, 5.41) is 13.6. The van der Waals surface area contributed by atoms with Crippen LogP contribution in [0.5, 0.6) is 0 Å². The van der Waals surface area contributed by atoms with Crippen molar-refractivity contribution in [1.29, 1.82) is 0 Å². The normalized spacial score (nSPS) is 13.2. The van der Waals surface area contributed by atoms with Gasteiger partial charge in [0.2, 0.25) is 0 Å². The largest absolute Gasteiger partial charge is 0.387 e. The van der Waals surface area contributed by atoms with Gasteiger partial charge in [-0.05, 0) is 18.9 Å². The molecule has 3 nitrogen and oxygen atoms in total. The summed E-state index contributed by atoms with van der Waals surface area (Å²) in [7, 11) is 1.82. The van der Waals surface area contributed by atoms with Crippen LogP contribution >= 0.6 is 11.6 Å². The van der Waals surface area contributed by atoms with Crippen LogP contribution in [0.1, 0.15) is 24.6 Å². The number of nitrogens with zero attached hydrogens (tertiary/aromatic N) is 2. The van der Waals surface area contributed by atoms with Crippen molar-refractivity contribution >= 4 is 11.6 Å². The second kappa shape index (κ2) is 4.48. The molecule has 1 N–H and O–H groups in total. The fraction of sp³-hybridized carbons (Fsp3) is 0.625. The molecule has 1 unspecified atom stereocenters. The maximum Gasteiger partial charge on any atom is 0.0956 e. The highest BCUT2D eigenvalue weighted by Crippen LogP contribution is 2.16. The van der Waals surface area contributed by atoms with Crippen LogP contribution in [0, 0.1) is 0 Å². The van der Waals surface area contributed by atoms with Crippen LogP contribution in [0.15, 0.2) is 12.3 Å². The van der Waals surface area contributed by atoms with Crippen LogP contribution < -0.4 is 0 Å². The quantitative estimate of drug-likeness (QED) is 0.727. The number of hydrogen-bond donors (Lipinski definition) is 1. The Balaban J connectivity index is 2.52. The second-order valence-electron chi connectivity index (χ2n) is 2.73. The Labute approximate surface area is 77.0 Å². The number of aryl methyl sites for hydroxylation is 1. The Morgan fingerprint density at radius 2 is 2.50 bits per heavy atom. The number of alkyl halides is 1. The zero-order valence-electron chi connectivity index (χ0n) is 7.07. The fourth-order valence-corrected chi connectivity index (χ4v) is 1.28. The Kier molecular flexibility index (Phi) is 3.56. The third kappa shape index (κ3) is 2.22. The van der Waals surface area contributed by atoms with Crippen LogP contribution in [-0.4, -0.2) is 20.8 Å². The summed E-state index contributed by atoms with van der Waals surface area (Å²) in [5.41, 5.74) is 0.847. The molecule has 0 aliphatic rings. The lowest BCUT2D eigenvalue weighted by molar-refractivity contribution is 0.157. The van der Waals surface area contributed by atoms with Gasteiger partial charge in [-0.25, -0.2) is 0 Å². The van der Waals surface area contributed by atoms with Gasteiger partial charge in [0.05, 0.1) is 11.8 Å². The van der Waals surface area contributed by atoms with E-state index in [9.17, 15) is 5.11 Å². The summed E-state index contributed by atoms with van der Waals surface area (Å²) < 4.78 is 1.68. The highest BCUT2D eigenvalue weighted by molar-refractivity contribution is 6.17. The molecule has 0 bridgehead atoms. The molecule has 1 heterocycles. The van der Waals surface area contributed by atoms with Gasteiger partial charge >= 0.3 is 0 Å². The molecule has 0 aromatic carbocycles. The first kappa shape index (κ1) is 9.55. The maximum absolute atomic E-state index is 9.60. The van der Waals surface area contributed by atoms with E-state index in [-0.39, 0.29) is 0 Å². The van der Waals surface area contributed by atoms with Crippen molar-refractivity contribution in [3.8, 4) is 0 Å². The monoisotopic (exact) mass is 188 g/mol. The van der Waals surface area contributed by atoms with Crippen molar-refractivity contribution in [2.45, 2.75) is 18.9 Å². The van der Waals surface area contributed by atoms with Crippen molar-refractivity contribution in [3.05, 3.63) is 18.0 Å². The van der Waals surface area contributed by atoms with E-state index in [0.29, 0.717) is 12.3 Å². The topological polar surface area (TPSA) is 38.0 Å². The zero-order chi connectivity index (χ0) is 8.97. The molecular weight excluding hydrogens is 176 g/mol. The molecule has 1 aromatic rings. The number of halogens is 1. The Morgan fingerprint density at radius 3 is 3.00 bits per heavy atom. The van der Waals surface area contributed by atoms with Gasteiger partial charge in [0.15, 0.2) is 0 Å². The van der Waals surface area contributed by atoms with Crippen LogP contribution in [0.2, 0.25) is 0 Å². The molecule has 0 radical (unpaired) electrons. The number of aliphatic hydroxyl groups is 1. The fourth-order valence-electron chi connectivity index (χ4n) is 1.13. The van der Waals surface area contributed by atoms with E-state index in [4.69, 9.17) is 11.6 Å². The number of hydrogen-bond acceptors (Lipinski definition) is 2. The third-order valence-corrected chi connectivity index (χ3v) is 2.08. The summed E-state index contributed by atoms with van der Waals surface area (Å²) in [6.07, 6.45) is 2.77. The smallest absolute Gasteiger partial charge is 0.0956 e. The molecule has 0 fully saturated rings. The summed E-state index contributed by atoms with van der Waals surface area (Å²) in [6, 6.07) is 1.82. The summed E-state index contributed by atoms with van der Waals surface area (Å²) in [6.45, 7) is 0. The highest BCUT2D eigenvalue weighted by Gasteiger charge is 2.09. The van der Waals surface area contributed by atoms with Crippen molar-refractivity contribution in [3.63, 3.8) is 0 Å². The van der Waals surface area contributed by atoms with E-state index in [0.717, 1.165) is 12.1 Å². The third-order valence-electron chi connectivity index (χ3n) is 1.81. The van der Waals surface area contributed by atoms with Crippen LogP contribution in [0.4, 0.5) is 0 Å². The van der Waals surface area contributed by atoms with Crippen molar-refractivity contribution in [1.82, 2.24) is 9.78 Å². The summed E-state index contributed by atoms with van der Waals surface area (Å²) in [5.74, 6) is 0.592. The number of aliphatic hydroxyl groups excluding tert-OH is 1. The number of rotatable bonds is 4. The predicted molar refractivity (Wildman–Crippen MR) is 48.1 cm³/mol. The highest BCUT2D eigenvalue weighted by atomic mass is 35.5. The molecule has 0 aliphatic carbocycles. The van der Waals surface area contributed by atoms with Gasteiger partial charge in [-0.3, -0.25) is 4.68 Å². The lowest BCUT2D eigenvalue weighted by Gasteiger charge is -2.09. The van der Waals surface area contributed by atoms with Gasteiger partial charge in [-0.2, -0.15) is 5.10 Å². The van der Waals surface area contributed by atoms with E-state index in [1.807, 2.05) is 13.1 Å². The molecule has 1 atom stereocenters. The first-order valence-electron chi connectivity index (χ1n) is 3.97. The van der Waals surface area contributed by atoms with E-state index < -0.39 is 6.10 Å². The van der Waals surface area contributed by atoms with Gasteiger partial charge < -0.3 is 5.11 Å². The molecular formula is C8H13ClN2O. The molecule has 0 saturated heterocycles. The molecule has 0 amide bonds. The Hall–Kier alpha value is -0.540. The van der Waals surface area contributed by atoms with Crippen LogP contribution in [0.25, 0.3) is 0 Å². The molecule has 0 saturated carbocycles. The van der Waals surface area contributed by atoms with Crippen LogP contribution in [0.3, 0.4) is 0 Å². The molecule has 68 valence electrons. The SMILES string of the molecule is Cn1nccc1C(O)CCCCl. The van der Waals surface area contributed by atoms with Gasteiger partial charge in [-0.1, -0.05) is 0 Å². The lowest BCUT2D eigenvalue weighted by Crippen LogP contribution is -2.05. The van der Waals surface area contributed by atoms with Crippen molar-refractivity contribution < 1.29 is 5.11 Å². The van der Waals surface area contributed by atoms with Gasteiger partial charge in [0.25, 0.3) is 0 Å². The van der Waals surface area contributed by atoms with Gasteiger partial charge in [0.1, 0.15) is 0 Å². The van der Waals surface area contributed by atoms with E-state index in [1.165, 1.54) is 0 Å². The molecule has 12 heavy (non-hydrogen) atoms. The average molecular weight is 189 g/mol. The molecule has 4 heteroatoms. The van der Waals surface area contributed by atoms with Gasteiger partial charge in [-0.15, -0.1) is 11.6 Å². The second-order valence-corrected chi connectivity index (χ2v) is 3.10. The first-order valence-corrected chi connectivity index (χ1v) is 4.51. The summed E-state index contributed by atoms with van der Waals surface area (Å²) in [4.78, 5) is 0. The van der Waals surface area contributed by atoms with E-state index >= 15 is 0 Å². The minimum atomic E-state index is -0.434. The predicted octanol–water partition coefficient (Wildman–Crippen LogP) is 1.47. The summed E-state index contributed by atoms with van der Waals surface area (Å²) >= 11 is 5.51. The molecule has 0 aliphatic heterocycles. The molecule has 1 rings (SSSR count). The average Bonchev–Trinajstić information content (AvgIpc) is 2.47. The minimum Gasteiger partial charge on any atom is -0.387 e. The first-order chi connectivity index (χ1) is 5.75. The van der Waals surface area contributed by atoms with Crippen molar-refractivity contribution in [2.24, 2.45) is 7.05 Å². The molecule has 0 spiro atoms. The standard InChI is InChI=1S/C8H13ClN2O/c1-11-7(4-6-10-11)8(12)3-2-5-9/h4,6,8,12H,2-3,5H2,1H3. The van der Waals surface area contributed by atoms with E-state index in [1.54, 1.807) is 10.9 Å². The lowest BCUT2D eigenvalue weighted by atomic mass is 10.1. The van der Waals surface area contributed by atoms with Crippen molar-refractivity contribution in [2.75, 3.05) is 5.88 Å². The molecule has 1 aromatic heterocycles. The van der Waals surface area contributed by atoms with E-state index in [2.05, 4.69) is 5.10 Å². The van der Waals surface area contributed by atoms with Crippen LogP contribution in [-0.2, 0) is 7.05 Å². The Bertz CT molecular complexity index is 237. The zero-order valence-corrected chi connectivity index (χ0v) is 7.83.